The Labute approximate surface area is 156 Å². The fourth-order valence-corrected chi connectivity index (χ4v) is 2.46. The normalized spacial score (nSPS) is 11.5. The molecule has 2 aromatic carbocycles. The van der Waals surface area contributed by atoms with E-state index in [1.165, 1.54) is 0 Å². The second-order valence-electron chi connectivity index (χ2n) is 5.29. The molecule has 25 heavy (non-hydrogen) atoms. The molecular weight excluding hydrogens is 356 g/mol. The topological polar surface area (TPSA) is 66.6 Å². The fraction of sp³-hybridized carbons (Fsp3) is 0.176. The Balaban J connectivity index is 1.35. The minimum absolute atomic E-state index is 0.267. The smallest absolute Gasteiger partial charge is 0.231 e. The van der Waals surface area contributed by atoms with Gasteiger partial charge >= 0.3 is 0 Å². The number of hydrogen-bond acceptors (Lipinski definition) is 4. The summed E-state index contributed by atoms with van der Waals surface area (Å²) in [4.78, 5) is 0. The molecule has 1 aliphatic heterocycles. The molecule has 0 spiro atoms. The van der Waals surface area contributed by atoms with E-state index in [4.69, 9.17) is 33.9 Å². The van der Waals surface area contributed by atoms with E-state index in [2.05, 4.69) is 21.5 Å². The highest BCUT2D eigenvalue weighted by molar-refractivity contribution is 7.80. The maximum Gasteiger partial charge on any atom is 0.231 e. The second kappa shape index (κ2) is 8.50. The van der Waals surface area contributed by atoms with Crippen LogP contribution in [-0.2, 0) is 13.1 Å². The van der Waals surface area contributed by atoms with Gasteiger partial charge in [0.05, 0.1) is 0 Å². The van der Waals surface area contributed by atoms with Crippen LogP contribution in [-0.4, -0.2) is 17.0 Å². The Morgan fingerprint density at radius 3 is 2.16 bits per heavy atom. The predicted octanol–water partition coefficient (Wildman–Crippen LogP) is 1.96. The molecule has 0 radical (unpaired) electrons. The van der Waals surface area contributed by atoms with Gasteiger partial charge in [-0.1, -0.05) is 36.4 Å². The van der Waals surface area contributed by atoms with E-state index >= 15 is 0 Å². The summed E-state index contributed by atoms with van der Waals surface area (Å²) in [7, 11) is 0. The molecule has 0 fully saturated rings. The number of thiocarbonyl (C=S) groups is 2. The predicted molar refractivity (Wildman–Crippen MR) is 104 cm³/mol. The highest BCUT2D eigenvalue weighted by atomic mass is 32.1. The molecule has 0 saturated carbocycles. The van der Waals surface area contributed by atoms with Gasteiger partial charge in [0.25, 0.3) is 0 Å². The third-order valence-corrected chi connectivity index (χ3v) is 3.97. The van der Waals surface area contributed by atoms with Crippen LogP contribution in [0.3, 0.4) is 0 Å². The molecule has 0 saturated heterocycles. The van der Waals surface area contributed by atoms with Crippen molar-refractivity contribution in [3.8, 4) is 11.5 Å². The zero-order valence-corrected chi connectivity index (χ0v) is 15.0. The Bertz CT molecular complexity index is 756. The number of hydrogen-bond donors (Lipinski definition) is 4. The van der Waals surface area contributed by atoms with E-state index in [0.717, 1.165) is 22.6 Å². The SMILES string of the molecule is S=C(NCc1ccccc1)NNC(=S)NCc1ccc2c(c1)OCO2. The minimum atomic E-state index is 0.267. The van der Waals surface area contributed by atoms with Gasteiger partial charge < -0.3 is 20.1 Å². The summed E-state index contributed by atoms with van der Waals surface area (Å²) < 4.78 is 10.6. The van der Waals surface area contributed by atoms with Crippen LogP contribution < -0.4 is 31.0 Å². The van der Waals surface area contributed by atoms with Crippen molar-refractivity contribution in [2.45, 2.75) is 13.1 Å². The lowest BCUT2D eigenvalue weighted by atomic mass is 10.2. The van der Waals surface area contributed by atoms with Crippen LogP contribution in [0.2, 0.25) is 0 Å². The molecule has 1 aliphatic rings. The van der Waals surface area contributed by atoms with Crippen LogP contribution >= 0.6 is 24.4 Å². The van der Waals surface area contributed by atoms with Gasteiger partial charge in [-0.15, -0.1) is 0 Å². The Morgan fingerprint density at radius 2 is 1.44 bits per heavy atom. The van der Waals surface area contributed by atoms with Crippen molar-refractivity contribution in [3.63, 3.8) is 0 Å². The maximum atomic E-state index is 5.35. The number of ether oxygens (including phenoxy) is 2. The average molecular weight is 374 g/mol. The fourth-order valence-electron chi connectivity index (χ4n) is 2.21. The summed E-state index contributed by atoms with van der Waals surface area (Å²) in [6.07, 6.45) is 0. The molecule has 8 heteroatoms. The van der Waals surface area contributed by atoms with E-state index in [9.17, 15) is 0 Å². The quantitative estimate of drug-likeness (QED) is 0.479. The second-order valence-corrected chi connectivity index (χ2v) is 6.11. The van der Waals surface area contributed by atoms with Gasteiger partial charge in [-0.2, -0.15) is 0 Å². The molecule has 0 amide bonds. The summed E-state index contributed by atoms with van der Waals surface area (Å²) >= 11 is 10.4. The molecule has 1 heterocycles. The van der Waals surface area contributed by atoms with E-state index < -0.39 is 0 Å². The largest absolute Gasteiger partial charge is 0.454 e. The van der Waals surface area contributed by atoms with Gasteiger partial charge in [-0.3, -0.25) is 10.9 Å². The zero-order valence-electron chi connectivity index (χ0n) is 13.4. The number of fused-ring (bicyclic) bond motifs is 1. The zero-order chi connectivity index (χ0) is 17.5. The van der Waals surface area contributed by atoms with E-state index in [0.29, 0.717) is 23.3 Å². The van der Waals surface area contributed by atoms with Crippen LogP contribution in [0.1, 0.15) is 11.1 Å². The van der Waals surface area contributed by atoms with Gasteiger partial charge in [0.2, 0.25) is 6.79 Å². The Hall–Kier alpha value is -2.58. The molecule has 0 aliphatic carbocycles. The average Bonchev–Trinajstić information content (AvgIpc) is 3.11. The number of rotatable bonds is 4. The van der Waals surface area contributed by atoms with Crippen molar-refractivity contribution in [3.05, 3.63) is 59.7 Å². The number of hydrazine groups is 1. The molecule has 0 atom stereocenters. The maximum absolute atomic E-state index is 5.35. The van der Waals surface area contributed by atoms with Crippen LogP contribution in [0.5, 0.6) is 11.5 Å². The highest BCUT2D eigenvalue weighted by Crippen LogP contribution is 2.32. The molecule has 6 nitrogen and oxygen atoms in total. The molecule has 2 aromatic rings. The molecule has 0 bridgehead atoms. The number of benzene rings is 2. The summed E-state index contributed by atoms with van der Waals surface area (Å²) in [6, 6.07) is 15.8. The van der Waals surface area contributed by atoms with Crippen molar-refractivity contribution >= 4 is 34.7 Å². The summed E-state index contributed by atoms with van der Waals surface area (Å²) in [5, 5.41) is 7.10. The van der Waals surface area contributed by atoms with Gasteiger partial charge in [-0.05, 0) is 47.7 Å². The molecule has 0 unspecified atom stereocenters. The summed E-state index contributed by atoms with van der Waals surface area (Å²) in [5.41, 5.74) is 7.89. The van der Waals surface area contributed by atoms with Crippen LogP contribution in [0.25, 0.3) is 0 Å². The van der Waals surface area contributed by atoms with Crippen molar-refractivity contribution in [2.75, 3.05) is 6.79 Å². The van der Waals surface area contributed by atoms with Crippen LogP contribution in [0, 0.1) is 0 Å². The van der Waals surface area contributed by atoms with Crippen LogP contribution in [0.4, 0.5) is 0 Å². The van der Waals surface area contributed by atoms with Crippen molar-refractivity contribution < 1.29 is 9.47 Å². The Kier molecular flexibility index (Phi) is 5.86. The minimum Gasteiger partial charge on any atom is -0.454 e. The van der Waals surface area contributed by atoms with Crippen LogP contribution in [0.15, 0.2) is 48.5 Å². The van der Waals surface area contributed by atoms with E-state index in [1.54, 1.807) is 0 Å². The van der Waals surface area contributed by atoms with Gasteiger partial charge in [-0.25, -0.2) is 0 Å². The first-order valence-electron chi connectivity index (χ1n) is 7.71. The first kappa shape index (κ1) is 17.2. The standard InChI is InChI=1S/C17H18N4O2S2/c24-16(18-9-12-4-2-1-3-5-12)20-21-17(25)19-10-13-6-7-14-15(8-13)23-11-22-14/h1-8H,9-11H2,(H2,18,20,24)(H2,19,21,25). The summed E-state index contributed by atoms with van der Waals surface area (Å²) in [5.74, 6) is 1.52. The van der Waals surface area contributed by atoms with Gasteiger partial charge in [0, 0.05) is 13.1 Å². The van der Waals surface area contributed by atoms with E-state index in [1.807, 2.05) is 48.5 Å². The third kappa shape index (κ3) is 5.20. The first-order valence-corrected chi connectivity index (χ1v) is 8.52. The molecule has 3 rings (SSSR count). The highest BCUT2D eigenvalue weighted by Gasteiger charge is 2.13. The van der Waals surface area contributed by atoms with Crippen molar-refractivity contribution in [2.24, 2.45) is 0 Å². The lowest BCUT2D eigenvalue weighted by Crippen LogP contribution is -2.49. The van der Waals surface area contributed by atoms with Gasteiger partial charge in [0.15, 0.2) is 21.7 Å². The monoisotopic (exact) mass is 374 g/mol. The van der Waals surface area contributed by atoms with Crippen molar-refractivity contribution in [1.82, 2.24) is 21.5 Å². The molecule has 130 valence electrons. The number of nitrogens with one attached hydrogen (secondary N) is 4. The van der Waals surface area contributed by atoms with E-state index in [-0.39, 0.29) is 6.79 Å². The Morgan fingerprint density at radius 1 is 0.800 bits per heavy atom. The van der Waals surface area contributed by atoms with Crippen molar-refractivity contribution in [1.29, 1.82) is 0 Å². The molecular formula is C17H18N4O2S2. The van der Waals surface area contributed by atoms with Gasteiger partial charge in [0.1, 0.15) is 0 Å². The first-order chi connectivity index (χ1) is 12.2. The third-order valence-electron chi connectivity index (χ3n) is 3.48. The molecule has 0 aromatic heterocycles. The summed E-state index contributed by atoms with van der Waals surface area (Å²) in [6.45, 7) is 1.48. The lowest BCUT2D eigenvalue weighted by Gasteiger charge is -2.14. The molecule has 4 N–H and O–H groups in total. The lowest BCUT2D eigenvalue weighted by molar-refractivity contribution is 0.174.